The molecule has 0 N–H and O–H groups in total. The van der Waals surface area contributed by atoms with E-state index in [1.807, 2.05) is 6.08 Å². The van der Waals surface area contributed by atoms with Gasteiger partial charge in [-0.15, -0.1) is 0 Å². The Balaban J connectivity index is 0.978. The summed E-state index contributed by atoms with van der Waals surface area (Å²) in [5.41, 5.74) is 22.5. The Morgan fingerprint density at radius 3 is 0.786 bits per heavy atom. The Labute approximate surface area is 484 Å². The second kappa shape index (κ2) is 18.9. The van der Waals surface area contributed by atoms with Crippen molar-refractivity contribution in [2.24, 2.45) is 0 Å². The normalized spacial score (nSPS) is 11.9. The highest BCUT2D eigenvalue weighted by Gasteiger charge is 2.22. The van der Waals surface area contributed by atoms with E-state index in [4.69, 9.17) is 4.98 Å². The average molecular weight is 1070 g/mol. The van der Waals surface area contributed by atoms with Crippen LogP contribution in [0.1, 0.15) is 5.56 Å². The van der Waals surface area contributed by atoms with Gasteiger partial charge in [0.05, 0.1) is 55.5 Å². The third-order valence-corrected chi connectivity index (χ3v) is 17.2. The van der Waals surface area contributed by atoms with Crippen LogP contribution in [0.25, 0.3) is 161 Å². The van der Waals surface area contributed by atoms with Gasteiger partial charge in [0.1, 0.15) is 0 Å². The zero-order valence-electron chi connectivity index (χ0n) is 45.7. The molecule has 0 amide bonds. The van der Waals surface area contributed by atoms with Crippen LogP contribution < -0.4 is 0 Å². The SMILES string of the molecule is C=Cc1cccc(-c2cccc(-c3cc(-c4cc(-n5c6ccccc6c6ccccc65)cc(-n5c6ccccc6c6ccccc65)c4)nc(-c4cc(-n5c6ccccc6c6ccccc65)cc(-n5c6ccccc6c6ccccc65)c4)c3)c2)c1. The summed E-state index contributed by atoms with van der Waals surface area (Å²) in [5, 5.41) is 9.67. The molecule has 0 saturated carbocycles. The summed E-state index contributed by atoms with van der Waals surface area (Å²) in [6, 6.07) is 106. The molecular formula is C79H51N5. The molecule has 17 rings (SSSR count). The molecule has 0 saturated heterocycles. The highest BCUT2D eigenvalue weighted by atomic mass is 15.0. The van der Waals surface area contributed by atoms with Gasteiger partial charge < -0.3 is 18.3 Å². The molecule has 17 aromatic rings. The lowest BCUT2D eigenvalue weighted by molar-refractivity contribution is 1.13. The zero-order valence-corrected chi connectivity index (χ0v) is 45.7. The lowest BCUT2D eigenvalue weighted by Crippen LogP contribution is -2.02. The molecule has 0 bridgehead atoms. The standard InChI is InChI=1S/C79H51N5/c1-2-51-21-19-22-52(41-51)53-23-20-24-54(42-53)55-47-70(56-43-58(81-72-33-11-3-25-62(72)63-26-4-12-34-73(63)81)49-59(44-56)82-74-35-13-5-27-64(74)65-28-6-14-36-75(65)82)80-71(48-55)57-45-60(83-76-37-15-7-29-66(76)67-30-8-16-38-77(67)83)50-61(46-57)84-78-39-17-9-31-68(78)69-32-10-18-40-79(69)84/h2-50H,1H2. The second-order valence-corrected chi connectivity index (χ2v) is 22.0. The smallest absolute Gasteiger partial charge is 0.0717 e. The summed E-state index contributed by atoms with van der Waals surface area (Å²) < 4.78 is 9.74. The topological polar surface area (TPSA) is 32.6 Å². The van der Waals surface area contributed by atoms with Gasteiger partial charge in [0, 0.05) is 77.0 Å². The highest BCUT2D eigenvalue weighted by Crippen LogP contribution is 2.42. The monoisotopic (exact) mass is 1070 g/mol. The molecule has 392 valence electrons. The third kappa shape index (κ3) is 7.46. The lowest BCUT2D eigenvalue weighted by atomic mass is 9.95. The van der Waals surface area contributed by atoms with Crippen molar-refractivity contribution in [1.82, 2.24) is 23.3 Å². The molecule has 0 spiro atoms. The van der Waals surface area contributed by atoms with Gasteiger partial charge in [-0.1, -0.05) is 195 Å². The maximum Gasteiger partial charge on any atom is 0.0717 e. The number of fused-ring (bicyclic) bond motifs is 12. The van der Waals surface area contributed by atoms with Crippen LogP contribution in [0.4, 0.5) is 0 Å². The molecule has 5 heterocycles. The van der Waals surface area contributed by atoms with Crippen molar-refractivity contribution in [3.8, 4) is 67.5 Å². The first kappa shape index (κ1) is 47.5. The Kier molecular flexibility index (Phi) is 10.7. The van der Waals surface area contributed by atoms with Crippen molar-refractivity contribution >= 4 is 93.3 Å². The van der Waals surface area contributed by atoms with E-state index in [0.717, 1.165) is 117 Å². The third-order valence-electron chi connectivity index (χ3n) is 17.2. The van der Waals surface area contributed by atoms with E-state index in [0.29, 0.717) is 0 Å². The minimum absolute atomic E-state index is 0.854. The molecule has 0 aliphatic rings. The van der Waals surface area contributed by atoms with E-state index >= 15 is 0 Å². The molecule has 5 nitrogen and oxygen atoms in total. The van der Waals surface area contributed by atoms with E-state index < -0.39 is 0 Å². The quantitative estimate of drug-likeness (QED) is 0.142. The van der Waals surface area contributed by atoms with E-state index in [1.54, 1.807) is 0 Å². The van der Waals surface area contributed by atoms with Gasteiger partial charge in [0.2, 0.25) is 0 Å². The molecular weight excluding hydrogens is 1020 g/mol. The molecule has 5 aromatic heterocycles. The molecule has 5 heteroatoms. The number of hydrogen-bond donors (Lipinski definition) is 0. The van der Waals surface area contributed by atoms with Gasteiger partial charge in [-0.05, 0) is 137 Å². The van der Waals surface area contributed by atoms with Crippen molar-refractivity contribution in [1.29, 1.82) is 0 Å². The van der Waals surface area contributed by atoms with E-state index in [-0.39, 0.29) is 0 Å². The van der Waals surface area contributed by atoms with Crippen molar-refractivity contribution in [2.75, 3.05) is 0 Å². The van der Waals surface area contributed by atoms with Crippen LogP contribution >= 0.6 is 0 Å². The summed E-state index contributed by atoms with van der Waals surface area (Å²) in [5.74, 6) is 0. The van der Waals surface area contributed by atoms with Crippen molar-refractivity contribution in [3.63, 3.8) is 0 Å². The van der Waals surface area contributed by atoms with Crippen LogP contribution in [0.5, 0.6) is 0 Å². The Morgan fingerprint density at radius 1 is 0.226 bits per heavy atom. The van der Waals surface area contributed by atoms with Crippen LogP contribution in [0.3, 0.4) is 0 Å². The molecule has 0 aliphatic carbocycles. The predicted octanol–water partition coefficient (Wildman–Crippen LogP) is 20.8. The van der Waals surface area contributed by atoms with Gasteiger partial charge in [-0.3, -0.25) is 0 Å². The first-order chi connectivity index (χ1) is 41.6. The van der Waals surface area contributed by atoms with Gasteiger partial charge in [0.15, 0.2) is 0 Å². The number of para-hydroxylation sites is 8. The first-order valence-corrected chi connectivity index (χ1v) is 28.7. The van der Waals surface area contributed by atoms with E-state index in [2.05, 4.69) is 316 Å². The minimum Gasteiger partial charge on any atom is -0.309 e. The Bertz CT molecular complexity index is 4780. The first-order valence-electron chi connectivity index (χ1n) is 28.7. The molecule has 0 aliphatic heterocycles. The maximum atomic E-state index is 5.94. The van der Waals surface area contributed by atoms with Crippen molar-refractivity contribution < 1.29 is 0 Å². The largest absolute Gasteiger partial charge is 0.309 e. The fraction of sp³-hybridized carbons (Fsp3) is 0. The lowest BCUT2D eigenvalue weighted by Gasteiger charge is -2.18. The predicted molar refractivity (Wildman–Crippen MR) is 353 cm³/mol. The molecule has 0 radical (unpaired) electrons. The van der Waals surface area contributed by atoms with Crippen LogP contribution in [-0.4, -0.2) is 23.3 Å². The summed E-state index contributed by atoms with van der Waals surface area (Å²) in [6.07, 6.45) is 1.91. The van der Waals surface area contributed by atoms with Gasteiger partial charge in [-0.2, -0.15) is 0 Å². The maximum absolute atomic E-state index is 5.94. The fourth-order valence-corrected chi connectivity index (χ4v) is 13.5. The Hall–Kier alpha value is -11.3. The fourth-order valence-electron chi connectivity index (χ4n) is 13.5. The number of rotatable bonds is 9. The average Bonchev–Trinajstić information content (AvgIpc) is 2.52. The van der Waals surface area contributed by atoms with E-state index in [1.165, 1.54) is 43.1 Å². The van der Waals surface area contributed by atoms with Gasteiger partial charge in [-0.25, -0.2) is 4.98 Å². The number of benzene rings is 12. The van der Waals surface area contributed by atoms with Crippen LogP contribution in [0, 0.1) is 0 Å². The second-order valence-electron chi connectivity index (χ2n) is 22.0. The summed E-state index contributed by atoms with van der Waals surface area (Å²) in [7, 11) is 0. The number of nitrogens with zero attached hydrogens (tertiary/aromatic N) is 5. The molecule has 12 aromatic carbocycles. The molecule has 0 fully saturated rings. The minimum atomic E-state index is 0.854. The van der Waals surface area contributed by atoms with Crippen molar-refractivity contribution in [3.05, 3.63) is 303 Å². The molecule has 0 atom stereocenters. The van der Waals surface area contributed by atoms with Gasteiger partial charge in [0.25, 0.3) is 0 Å². The highest BCUT2D eigenvalue weighted by molar-refractivity contribution is 6.13. The number of pyridine rings is 1. The summed E-state index contributed by atoms with van der Waals surface area (Å²) in [6.45, 7) is 4.10. The molecule has 0 unspecified atom stereocenters. The molecule has 84 heavy (non-hydrogen) atoms. The van der Waals surface area contributed by atoms with E-state index in [9.17, 15) is 0 Å². The zero-order chi connectivity index (χ0) is 55.4. The van der Waals surface area contributed by atoms with Gasteiger partial charge >= 0.3 is 0 Å². The Morgan fingerprint density at radius 2 is 0.488 bits per heavy atom. The number of hydrogen-bond acceptors (Lipinski definition) is 1. The van der Waals surface area contributed by atoms with Crippen LogP contribution in [0.15, 0.2) is 298 Å². The van der Waals surface area contributed by atoms with Crippen LogP contribution in [0.2, 0.25) is 0 Å². The van der Waals surface area contributed by atoms with Crippen molar-refractivity contribution in [2.45, 2.75) is 0 Å². The summed E-state index contributed by atoms with van der Waals surface area (Å²) >= 11 is 0. The summed E-state index contributed by atoms with van der Waals surface area (Å²) in [4.78, 5) is 5.94. The number of aromatic nitrogens is 5. The van der Waals surface area contributed by atoms with Crippen LogP contribution in [-0.2, 0) is 0 Å².